The van der Waals surface area contributed by atoms with E-state index < -0.39 is 0 Å². The van der Waals surface area contributed by atoms with E-state index in [4.69, 9.17) is 5.53 Å². The van der Waals surface area contributed by atoms with Gasteiger partial charge in [0.25, 0.3) is 0 Å². The third-order valence-corrected chi connectivity index (χ3v) is 2.66. The van der Waals surface area contributed by atoms with E-state index in [1.54, 1.807) is 0 Å². The summed E-state index contributed by atoms with van der Waals surface area (Å²) in [6.07, 6.45) is 4.85. The van der Waals surface area contributed by atoms with Gasteiger partial charge < -0.3 is 5.53 Å². The summed E-state index contributed by atoms with van der Waals surface area (Å²) in [4.78, 5) is 14.5. The van der Waals surface area contributed by atoms with Crippen LogP contribution in [0.3, 0.4) is 0 Å². The van der Waals surface area contributed by atoms with E-state index in [1.165, 1.54) is 0 Å². The predicted molar refractivity (Wildman–Crippen MR) is 58.3 cm³/mol. The topological polar surface area (TPSA) is 53.5 Å². The highest BCUT2D eigenvalue weighted by Crippen LogP contribution is 2.22. The largest absolute Gasteiger partial charge is 0.361 e. The van der Waals surface area contributed by atoms with E-state index in [9.17, 15) is 4.79 Å². The second-order valence-electron chi connectivity index (χ2n) is 3.74. The highest BCUT2D eigenvalue weighted by Gasteiger charge is 2.33. The molecule has 80 valence electrons. The van der Waals surface area contributed by atoms with E-state index >= 15 is 0 Å². The number of carbonyl (C=O) groups excluding carboxylic acids is 1. The molecule has 1 saturated carbocycles. The minimum Gasteiger partial charge on any atom is -0.361 e. The molecule has 3 heteroatoms. The molecule has 1 rings (SSSR count). The molecule has 1 fully saturated rings. The van der Waals surface area contributed by atoms with Crippen molar-refractivity contribution >= 4 is 11.5 Å². The Morgan fingerprint density at radius 3 is 3.00 bits per heavy atom. The molecular formula is C12H16N2O. The quantitative estimate of drug-likeness (QED) is 0.386. The van der Waals surface area contributed by atoms with E-state index in [0.717, 1.165) is 32.1 Å². The molecule has 0 heterocycles. The Morgan fingerprint density at radius 2 is 2.33 bits per heavy atom. The van der Waals surface area contributed by atoms with Gasteiger partial charge in [-0.05, 0) is 19.3 Å². The van der Waals surface area contributed by atoms with Crippen molar-refractivity contribution in [2.75, 3.05) is 0 Å². The van der Waals surface area contributed by atoms with Crippen LogP contribution < -0.4 is 0 Å². The molecule has 1 aliphatic carbocycles. The van der Waals surface area contributed by atoms with Gasteiger partial charge in [-0.1, -0.05) is 6.92 Å². The van der Waals surface area contributed by atoms with Gasteiger partial charge in [-0.2, -0.15) is 4.79 Å². The van der Waals surface area contributed by atoms with E-state index in [-0.39, 0.29) is 11.7 Å². The Kier molecular flexibility index (Phi) is 4.80. The van der Waals surface area contributed by atoms with Crippen molar-refractivity contribution in [3.05, 3.63) is 5.53 Å². The summed E-state index contributed by atoms with van der Waals surface area (Å²) in [7, 11) is 0. The molecule has 0 N–H and O–H groups in total. The standard InChI is InChI=1S/C12H16N2O/c1-2-3-4-5-7-10-8-6-9-11(15)12(10)14-13/h10H,2,5-9H2,1H3. The first-order valence-electron chi connectivity index (χ1n) is 5.50. The summed E-state index contributed by atoms with van der Waals surface area (Å²) in [6.45, 7) is 2.01. The van der Waals surface area contributed by atoms with Crippen LogP contribution in [0.4, 0.5) is 0 Å². The fraction of sp³-hybridized carbons (Fsp3) is 0.667. The van der Waals surface area contributed by atoms with Crippen LogP contribution >= 0.6 is 0 Å². The molecule has 1 aliphatic rings. The molecule has 1 unspecified atom stereocenters. The zero-order valence-corrected chi connectivity index (χ0v) is 9.12. The summed E-state index contributed by atoms with van der Waals surface area (Å²) >= 11 is 0. The summed E-state index contributed by atoms with van der Waals surface area (Å²) in [5.74, 6) is 6.15. The molecule has 0 aromatic rings. The molecule has 3 nitrogen and oxygen atoms in total. The number of hydrogen-bond acceptors (Lipinski definition) is 1. The Bertz CT molecular complexity index is 342. The Labute approximate surface area is 90.5 Å². The van der Waals surface area contributed by atoms with Gasteiger partial charge in [-0.3, -0.25) is 4.79 Å². The molecular weight excluding hydrogens is 188 g/mol. The van der Waals surface area contributed by atoms with Gasteiger partial charge in [-0.25, -0.2) is 0 Å². The van der Waals surface area contributed by atoms with Crippen LogP contribution in [-0.2, 0) is 4.79 Å². The zero-order valence-electron chi connectivity index (χ0n) is 9.12. The molecule has 15 heavy (non-hydrogen) atoms. The number of rotatable bonds is 2. The number of Topliss-reactive ketones (excluding diaryl/α,β-unsaturated/α-hetero) is 1. The molecule has 0 aliphatic heterocycles. The number of ketones is 1. The zero-order chi connectivity index (χ0) is 11.1. The SMILES string of the molecule is CCC#CCCC1CCCC(=O)C1=[N+]=[N-]. The summed E-state index contributed by atoms with van der Waals surface area (Å²) in [5, 5.41) is 0. The third-order valence-electron chi connectivity index (χ3n) is 2.66. The number of carbonyl (C=O) groups is 1. The minimum absolute atomic E-state index is 0.00259. The monoisotopic (exact) mass is 204 g/mol. The molecule has 0 saturated heterocycles. The van der Waals surface area contributed by atoms with E-state index in [1.807, 2.05) is 6.92 Å². The van der Waals surface area contributed by atoms with E-state index in [2.05, 4.69) is 16.6 Å². The van der Waals surface area contributed by atoms with Crippen LogP contribution in [0.2, 0.25) is 0 Å². The van der Waals surface area contributed by atoms with Crippen molar-refractivity contribution < 1.29 is 9.58 Å². The Hall–Kier alpha value is -1.39. The van der Waals surface area contributed by atoms with Crippen molar-refractivity contribution in [3.8, 4) is 11.8 Å². The van der Waals surface area contributed by atoms with Gasteiger partial charge in [0.2, 0.25) is 5.78 Å². The Morgan fingerprint density at radius 1 is 1.53 bits per heavy atom. The van der Waals surface area contributed by atoms with Crippen LogP contribution in [0, 0.1) is 17.8 Å². The number of nitrogens with zero attached hydrogens (tertiary/aromatic N) is 2. The van der Waals surface area contributed by atoms with Crippen LogP contribution in [0.1, 0.15) is 45.4 Å². The van der Waals surface area contributed by atoms with Gasteiger partial charge in [0, 0.05) is 19.3 Å². The van der Waals surface area contributed by atoms with Gasteiger partial charge >= 0.3 is 5.71 Å². The maximum Gasteiger partial charge on any atom is 0.337 e. The molecule has 0 radical (unpaired) electrons. The Balaban J connectivity index is 2.52. The molecule has 0 amide bonds. The first kappa shape index (κ1) is 11.7. The van der Waals surface area contributed by atoms with Crippen molar-refractivity contribution in [2.24, 2.45) is 5.92 Å². The van der Waals surface area contributed by atoms with Gasteiger partial charge in [0.1, 0.15) is 0 Å². The minimum atomic E-state index is -0.00259. The summed E-state index contributed by atoms with van der Waals surface area (Å²) < 4.78 is 0. The van der Waals surface area contributed by atoms with Crippen LogP contribution in [0.15, 0.2) is 0 Å². The third kappa shape index (κ3) is 3.34. The lowest BCUT2D eigenvalue weighted by molar-refractivity contribution is -0.119. The van der Waals surface area contributed by atoms with Crippen molar-refractivity contribution in [1.29, 1.82) is 0 Å². The maximum atomic E-state index is 11.4. The second kappa shape index (κ2) is 6.16. The molecule has 1 atom stereocenters. The van der Waals surface area contributed by atoms with Gasteiger partial charge in [0.05, 0.1) is 5.92 Å². The second-order valence-corrected chi connectivity index (χ2v) is 3.74. The molecule has 0 bridgehead atoms. The summed E-state index contributed by atoms with van der Waals surface area (Å²) in [6, 6.07) is 0. The van der Waals surface area contributed by atoms with Crippen molar-refractivity contribution in [3.63, 3.8) is 0 Å². The van der Waals surface area contributed by atoms with Crippen molar-refractivity contribution in [1.82, 2.24) is 0 Å². The van der Waals surface area contributed by atoms with Crippen molar-refractivity contribution in [2.45, 2.75) is 45.4 Å². The normalized spacial score (nSPS) is 20.5. The van der Waals surface area contributed by atoms with Gasteiger partial charge in [0.15, 0.2) is 0 Å². The lowest BCUT2D eigenvalue weighted by Crippen LogP contribution is -2.29. The summed E-state index contributed by atoms with van der Waals surface area (Å²) in [5.41, 5.74) is 9.13. The van der Waals surface area contributed by atoms with Crippen LogP contribution in [0.25, 0.3) is 5.53 Å². The lowest BCUT2D eigenvalue weighted by atomic mass is 9.83. The van der Waals surface area contributed by atoms with Crippen LogP contribution in [-0.4, -0.2) is 16.3 Å². The average Bonchev–Trinajstić information content (AvgIpc) is 2.24. The number of hydrogen-bond donors (Lipinski definition) is 0. The first-order valence-corrected chi connectivity index (χ1v) is 5.50. The fourth-order valence-corrected chi connectivity index (χ4v) is 1.88. The fourth-order valence-electron chi connectivity index (χ4n) is 1.88. The smallest absolute Gasteiger partial charge is 0.337 e. The average molecular weight is 204 g/mol. The van der Waals surface area contributed by atoms with Gasteiger partial charge in [-0.15, -0.1) is 11.8 Å². The van der Waals surface area contributed by atoms with E-state index in [0.29, 0.717) is 12.1 Å². The highest BCUT2D eigenvalue weighted by atomic mass is 16.1. The molecule has 0 aromatic carbocycles. The van der Waals surface area contributed by atoms with Crippen LogP contribution in [0.5, 0.6) is 0 Å². The molecule has 0 aromatic heterocycles. The lowest BCUT2D eigenvalue weighted by Gasteiger charge is -2.14. The first-order chi connectivity index (χ1) is 7.29. The highest BCUT2D eigenvalue weighted by molar-refractivity contribution is 6.38. The maximum absolute atomic E-state index is 11.4. The molecule has 0 spiro atoms. The predicted octanol–water partition coefficient (Wildman–Crippen LogP) is 2.22.